The minimum Gasteiger partial charge on any atom is -0.455 e. The first-order valence-corrected chi connectivity index (χ1v) is 9.25. The van der Waals surface area contributed by atoms with E-state index in [1.165, 1.54) is 0 Å². The van der Waals surface area contributed by atoms with Gasteiger partial charge in [-0.25, -0.2) is 9.89 Å². The number of aromatic amines is 1. The van der Waals surface area contributed by atoms with Crippen molar-refractivity contribution in [2.75, 3.05) is 6.61 Å². The molecule has 1 aliphatic carbocycles. The number of imide groups is 1. The highest BCUT2D eigenvalue weighted by atomic mass is 16.5. The highest BCUT2D eigenvalue weighted by Gasteiger charge is 2.18. The number of amides is 3. The number of hydrogen-bond acceptors (Lipinski definition) is 6. The molecule has 3 amide bonds. The van der Waals surface area contributed by atoms with Gasteiger partial charge in [0.1, 0.15) is 0 Å². The summed E-state index contributed by atoms with van der Waals surface area (Å²) < 4.78 is 4.91. The number of esters is 1. The summed E-state index contributed by atoms with van der Waals surface area (Å²) in [6.45, 7) is -0.571. The summed E-state index contributed by atoms with van der Waals surface area (Å²) in [5.41, 5.74) is -0.00766. The first kappa shape index (κ1) is 19.5. The first-order valence-electron chi connectivity index (χ1n) is 9.25. The third-order valence-electron chi connectivity index (χ3n) is 4.64. The van der Waals surface area contributed by atoms with Crippen LogP contribution in [0.5, 0.6) is 0 Å². The van der Waals surface area contributed by atoms with Gasteiger partial charge in [-0.1, -0.05) is 37.5 Å². The smallest absolute Gasteiger partial charge is 0.321 e. The van der Waals surface area contributed by atoms with Gasteiger partial charge in [0.15, 0.2) is 6.61 Å². The van der Waals surface area contributed by atoms with Gasteiger partial charge >= 0.3 is 12.0 Å². The topological polar surface area (TPSA) is 130 Å². The molecule has 0 aliphatic heterocycles. The van der Waals surface area contributed by atoms with Crippen LogP contribution in [0.15, 0.2) is 29.1 Å². The molecule has 1 saturated carbocycles. The maximum atomic E-state index is 12.0. The molecule has 0 saturated heterocycles. The molecule has 9 nitrogen and oxygen atoms in total. The number of carbonyl (C=O) groups excluding carboxylic acids is 3. The summed E-state index contributed by atoms with van der Waals surface area (Å²) in [5, 5.41) is 12.1. The van der Waals surface area contributed by atoms with Gasteiger partial charge in [0.05, 0.1) is 17.5 Å². The Labute approximate surface area is 160 Å². The monoisotopic (exact) mass is 386 g/mol. The van der Waals surface area contributed by atoms with Crippen molar-refractivity contribution in [3.63, 3.8) is 0 Å². The number of benzene rings is 1. The Bertz CT molecular complexity index is 933. The second-order valence-corrected chi connectivity index (χ2v) is 6.74. The van der Waals surface area contributed by atoms with Crippen molar-refractivity contribution < 1.29 is 19.1 Å². The average molecular weight is 386 g/mol. The van der Waals surface area contributed by atoms with Crippen molar-refractivity contribution in [3.8, 4) is 0 Å². The molecule has 9 heteroatoms. The summed E-state index contributed by atoms with van der Waals surface area (Å²) in [6, 6.07) is 6.25. The number of nitrogens with one attached hydrogen (secondary N) is 3. The van der Waals surface area contributed by atoms with Crippen molar-refractivity contribution in [2.24, 2.45) is 0 Å². The molecule has 148 valence electrons. The van der Waals surface area contributed by atoms with E-state index in [1.807, 2.05) is 0 Å². The lowest BCUT2D eigenvalue weighted by molar-refractivity contribution is -0.147. The normalized spacial score (nSPS) is 14.4. The fourth-order valence-electron chi connectivity index (χ4n) is 3.27. The predicted octanol–water partition coefficient (Wildman–Crippen LogP) is 1.17. The Kier molecular flexibility index (Phi) is 6.36. The third-order valence-corrected chi connectivity index (χ3v) is 4.64. The minimum absolute atomic E-state index is 0.0729. The van der Waals surface area contributed by atoms with Gasteiger partial charge in [0.2, 0.25) is 0 Å². The van der Waals surface area contributed by atoms with Crippen molar-refractivity contribution in [1.29, 1.82) is 0 Å². The molecule has 0 bridgehead atoms. The van der Waals surface area contributed by atoms with Crippen molar-refractivity contribution in [2.45, 2.75) is 44.6 Å². The maximum Gasteiger partial charge on any atom is 0.321 e. The maximum absolute atomic E-state index is 12.0. The molecule has 1 heterocycles. The van der Waals surface area contributed by atoms with Crippen LogP contribution in [-0.2, 0) is 20.7 Å². The van der Waals surface area contributed by atoms with Crippen LogP contribution in [-0.4, -0.2) is 40.8 Å². The Hall–Kier alpha value is -3.23. The Morgan fingerprint density at radius 2 is 1.82 bits per heavy atom. The standard InChI is InChI=1S/C19H22N4O5/c24-16(21-19(27)20-12-6-2-1-3-7-12)11-28-17(25)10-15-13-8-4-5-9-14(13)18(26)23-22-15/h4-5,8-9,12H,1-3,6-7,10-11H2,(H,23,26)(H2,20,21,24,27). The molecule has 28 heavy (non-hydrogen) atoms. The average Bonchev–Trinajstić information content (AvgIpc) is 2.69. The number of hydrogen-bond donors (Lipinski definition) is 3. The van der Waals surface area contributed by atoms with E-state index in [1.54, 1.807) is 24.3 Å². The zero-order valence-corrected chi connectivity index (χ0v) is 15.3. The van der Waals surface area contributed by atoms with Gasteiger partial charge in [-0.3, -0.25) is 19.7 Å². The van der Waals surface area contributed by atoms with Gasteiger partial charge in [-0.15, -0.1) is 0 Å². The molecule has 1 aromatic carbocycles. The second kappa shape index (κ2) is 9.12. The van der Waals surface area contributed by atoms with E-state index in [-0.39, 0.29) is 18.0 Å². The fraction of sp³-hybridized carbons (Fsp3) is 0.421. The predicted molar refractivity (Wildman–Crippen MR) is 101 cm³/mol. The first-order chi connectivity index (χ1) is 13.5. The second-order valence-electron chi connectivity index (χ2n) is 6.74. The molecule has 0 atom stereocenters. The zero-order valence-electron chi connectivity index (χ0n) is 15.3. The summed E-state index contributed by atoms with van der Waals surface area (Å²) in [6.07, 6.45) is 4.87. The lowest BCUT2D eigenvalue weighted by Crippen LogP contribution is -2.46. The lowest BCUT2D eigenvalue weighted by atomic mass is 9.96. The summed E-state index contributed by atoms with van der Waals surface area (Å²) in [7, 11) is 0. The van der Waals surface area contributed by atoms with Crippen LogP contribution in [0, 0.1) is 0 Å². The van der Waals surface area contributed by atoms with E-state index >= 15 is 0 Å². The number of rotatable bonds is 5. The third kappa shape index (κ3) is 5.15. The van der Waals surface area contributed by atoms with E-state index < -0.39 is 24.5 Å². The molecule has 2 aromatic rings. The molecule has 0 spiro atoms. The van der Waals surface area contributed by atoms with Crippen LogP contribution in [0.4, 0.5) is 4.79 Å². The van der Waals surface area contributed by atoms with Gasteiger partial charge < -0.3 is 10.1 Å². The lowest BCUT2D eigenvalue weighted by Gasteiger charge is -2.22. The van der Waals surface area contributed by atoms with Gasteiger partial charge in [-0.2, -0.15) is 5.10 Å². The molecular formula is C19H22N4O5. The molecule has 0 unspecified atom stereocenters. The highest BCUT2D eigenvalue weighted by Crippen LogP contribution is 2.17. The summed E-state index contributed by atoms with van der Waals surface area (Å²) in [5.74, 6) is -1.39. The molecule has 1 fully saturated rings. The van der Waals surface area contributed by atoms with E-state index in [9.17, 15) is 19.2 Å². The van der Waals surface area contributed by atoms with E-state index in [4.69, 9.17) is 4.74 Å². The number of carbonyl (C=O) groups is 3. The number of fused-ring (bicyclic) bond motifs is 1. The minimum atomic E-state index is -0.707. The van der Waals surface area contributed by atoms with Gasteiger partial charge in [0.25, 0.3) is 11.5 Å². The summed E-state index contributed by atoms with van der Waals surface area (Å²) >= 11 is 0. The van der Waals surface area contributed by atoms with Crippen molar-refractivity contribution in [3.05, 3.63) is 40.3 Å². The molecular weight excluding hydrogens is 364 g/mol. The number of H-pyrrole nitrogens is 1. The Balaban J connectivity index is 1.48. The van der Waals surface area contributed by atoms with Crippen molar-refractivity contribution >= 4 is 28.7 Å². The number of ether oxygens (including phenoxy) is 1. The van der Waals surface area contributed by atoms with Crippen LogP contribution in [0.25, 0.3) is 10.8 Å². The van der Waals surface area contributed by atoms with Gasteiger partial charge in [0, 0.05) is 11.4 Å². The molecule has 1 aliphatic rings. The van der Waals surface area contributed by atoms with Crippen molar-refractivity contribution in [1.82, 2.24) is 20.8 Å². The number of nitrogens with zero attached hydrogens (tertiary/aromatic N) is 1. The van der Waals surface area contributed by atoms with E-state index in [0.29, 0.717) is 16.5 Å². The molecule has 1 aromatic heterocycles. The van der Waals surface area contributed by atoms with Crippen LogP contribution < -0.4 is 16.2 Å². The quantitative estimate of drug-likeness (QED) is 0.661. The molecule has 0 radical (unpaired) electrons. The summed E-state index contributed by atoms with van der Waals surface area (Å²) in [4.78, 5) is 47.4. The number of urea groups is 1. The van der Waals surface area contributed by atoms with Crippen LogP contribution in [0.3, 0.4) is 0 Å². The van der Waals surface area contributed by atoms with E-state index in [2.05, 4.69) is 20.8 Å². The van der Waals surface area contributed by atoms with Crippen LogP contribution in [0.1, 0.15) is 37.8 Å². The zero-order chi connectivity index (χ0) is 19.9. The highest BCUT2D eigenvalue weighted by molar-refractivity contribution is 5.95. The SMILES string of the molecule is O=C(COC(=O)Cc1n[nH]c(=O)c2ccccc12)NC(=O)NC1CCCCC1. The Morgan fingerprint density at radius 1 is 1.11 bits per heavy atom. The largest absolute Gasteiger partial charge is 0.455 e. The van der Waals surface area contributed by atoms with Crippen LogP contribution >= 0.6 is 0 Å². The molecule has 3 rings (SSSR count). The van der Waals surface area contributed by atoms with E-state index in [0.717, 1.165) is 32.1 Å². The van der Waals surface area contributed by atoms with Gasteiger partial charge in [-0.05, 0) is 18.9 Å². The fourth-order valence-corrected chi connectivity index (χ4v) is 3.27. The number of aromatic nitrogens is 2. The Morgan fingerprint density at radius 3 is 2.57 bits per heavy atom. The van der Waals surface area contributed by atoms with Crippen LogP contribution in [0.2, 0.25) is 0 Å². The molecule has 3 N–H and O–H groups in total.